The minimum Gasteiger partial charge on any atom is -0.464 e. The summed E-state index contributed by atoms with van der Waals surface area (Å²) in [4.78, 5) is 12.2. The molecule has 1 aromatic heterocycles. The van der Waals surface area contributed by atoms with Gasteiger partial charge in [-0.2, -0.15) is 0 Å². The molecule has 0 bridgehead atoms. The Labute approximate surface area is 134 Å². The molecule has 23 heavy (non-hydrogen) atoms. The second-order valence-electron chi connectivity index (χ2n) is 5.88. The van der Waals surface area contributed by atoms with Crippen LogP contribution in [0.4, 0.5) is 10.1 Å². The van der Waals surface area contributed by atoms with E-state index >= 15 is 0 Å². The van der Waals surface area contributed by atoms with Crippen molar-refractivity contribution in [2.45, 2.75) is 26.2 Å². The number of para-hydroxylation sites is 1. The van der Waals surface area contributed by atoms with Gasteiger partial charge in [-0.05, 0) is 35.7 Å². The zero-order valence-electron chi connectivity index (χ0n) is 13.1. The molecule has 0 saturated carbocycles. The van der Waals surface area contributed by atoms with E-state index < -0.39 is 5.82 Å². The van der Waals surface area contributed by atoms with Crippen LogP contribution in [0.25, 0.3) is 11.0 Å². The molecular formula is C19H18FNO2. The molecular weight excluding hydrogens is 293 g/mol. The average molecular weight is 311 g/mol. The number of nitrogens with one attached hydrogen (secondary N) is 1. The fourth-order valence-corrected chi connectivity index (χ4v) is 2.53. The summed E-state index contributed by atoms with van der Waals surface area (Å²) in [7, 11) is 0. The van der Waals surface area contributed by atoms with Crippen molar-refractivity contribution < 1.29 is 13.6 Å². The number of carbonyl (C=O) groups excluding carboxylic acids is 1. The quantitative estimate of drug-likeness (QED) is 0.746. The molecule has 4 heteroatoms. The van der Waals surface area contributed by atoms with Gasteiger partial charge in [-0.3, -0.25) is 4.79 Å². The first kappa shape index (κ1) is 15.3. The molecule has 0 radical (unpaired) electrons. The minimum atomic E-state index is -0.444. The fourth-order valence-electron chi connectivity index (χ4n) is 2.53. The number of benzene rings is 2. The van der Waals surface area contributed by atoms with Gasteiger partial charge >= 0.3 is 0 Å². The lowest BCUT2D eigenvalue weighted by molar-refractivity contribution is -0.115. The van der Waals surface area contributed by atoms with E-state index in [1.165, 1.54) is 17.7 Å². The Balaban J connectivity index is 1.82. The number of amides is 1. The zero-order chi connectivity index (χ0) is 16.4. The summed E-state index contributed by atoms with van der Waals surface area (Å²) in [6.45, 7) is 4.23. The summed E-state index contributed by atoms with van der Waals surface area (Å²) < 4.78 is 19.1. The van der Waals surface area contributed by atoms with Crippen LogP contribution < -0.4 is 5.32 Å². The standard InChI is InChI=1S/C19H18FNO2/c1-12(2)13-7-8-18-15(9-13)14(11-23-18)10-19(22)21-17-6-4-3-5-16(17)20/h3-9,11-12H,10H2,1-2H3,(H,21,22). The van der Waals surface area contributed by atoms with Crippen LogP contribution in [0.15, 0.2) is 53.1 Å². The van der Waals surface area contributed by atoms with Gasteiger partial charge in [0, 0.05) is 10.9 Å². The van der Waals surface area contributed by atoms with Gasteiger partial charge in [0.15, 0.2) is 0 Å². The highest BCUT2D eigenvalue weighted by molar-refractivity contribution is 5.95. The molecule has 118 valence electrons. The molecule has 0 unspecified atom stereocenters. The highest BCUT2D eigenvalue weighted by Crippen LogP contribution is 2.26. The molecule has 0 spiro atoms. The van der Waals surface area contributed by atoms with Crippen molar-refractivity contribution in [2.24, 2.45) is 0 Å². The normalized spacial score (nSPS) is 11.1. The molecule has 3 aromatic rings. The topological polar surface area (TPSA) is 42.2 Å². The van der Waals surface area contributed by atoms with Crippen LogP contribution in [0.5, 0.6) is 0 Å². The van der Waals surface area contributed by atoms with Crippen molar-refractivity contribution in [1.29, 1.82) is 0 Å². The lowest BCUT2D eigenvalue weighted by Gasteiger charge is -2.07. The van der Waals surface area contributed by atoms with E-state index in [1.54, 1.807) is 18.4 Å². The molecule has 1 N–H and O–H groups in total. The predicted octanol–water partition coefficient (Wildman–Crippen LogP) is 4.88. The summed E-state index contributed by atoms with van der Waals surface area (Å²) >= 11 is 0. The lowest BCUT2D eigenvalue weighted by Crippen LogP contribution is -2.15. The summed E-state index contributed by atoms with van der Waals surface area (Å²) in [5, 5.41) is 3.53. The Morgan fingerprint density at radius 2 is 2.00 bits per heavy atom. The largest absolute Gasteiger partial charge is 0.464 e. The Morgan fingerprint density at radius 3 is 2.74 bits per heavy atom. The maximum Gasteiger partial charge on any atom is 0.229 e. The number of furan rings is 1. The van der Waals surface area contributed by atoms with E-state index in [4.69, 9.17) is 4.42 Å². The summed E-state index contributed by atoms with van der Waals surface area (Å²) in [5.41, 5.74) is 2.93. The Kier molecular flexibility index (Phi) is 4.15. The third-order valence-corrected chi connectivity index (χ3v) is 3.84. The first-order valence-electron chi connectivity index (χ1n) is 7.59. The molecule has 1 heterocycles. The smallest absolute Gasteiger partial charge is 0.229 e. The maximum absolute atomic E-state index is 13.6. The first-order chi connectivity index (χ1) is 11.0. The minimum absolute atomic E-state index is 0.142. The molecule has 0 aliphatic rings. The fraction of sp³-hybridized carbons (Fsp3) is 0.211. The summed E-state index contributed by atoms with van der Waals surface area (Å²) in [6.07, 6.45) is 1.73. The van der Waals surface area contributed by atoms with E-state index in [9.17, 15) is 9.18 Å². The highest BCUT2D eigenvalue weighted by Gasteiger charge is 2.13. The van der Waals surface area contributed by atoms with Crippen LogP contribution in [-0.4, -0.2) is 5.91 Å². The van der Waals surface area contributed by atoms with Crippen molar-refractivity contribution in [2.75, 3.05) is 5.32 Å². The highest BCUT2D eigenvalue weighted by atomic mass is 19.1. The summed E-state index contributed by atoms with van der Waals surface area (Å²) in [5.74, 6) is -0.317. The monoisotopic (exact) mass is 311 g/mol. The summed E-state index contributed by atoms with van der Waals surface area (Å²) in [6, 6.07) is 12.1. The number of carbonyl (C=O) groups is 1. The number of anilines is 1. The van der Waals surface area contributed by atoms with Crippen LogP contribution in [0.3, 0.4) is 0 Å². The van der Waals surface area contributed by atoms with Gasteiger partial charge in [-0.25, -0.2) is 4.39 Å². The second kappa shape index (κ2) is 6.24. The molecule has 2 aromatic carbocycles. The van der Waals surface area contributed by atoms with E-state index in [1.807, 2.05) is 12.1 Å². The van der Waals surface area contributed by atoms with Crippen molar-refractivity contribution in [3.05, 3.63) is 65.7 Å². The third-order valence-electron chi connectivity index (χ3n) is 3.84. The first-order valence-corrected chi connectivity index (χ1v) is 7.59. The van der Waals surface area contributed by atoms with Gasteiger partial charge in [0.25, 0.3) is 0 Å². The number of hydrogen-bond donors (Lipinski definition) is 1. The Morgan fingerprint density at radius 1 is 1.22 bits per heavy atom. The van der Waals surface area contributed by atoms with Gasteiger partial charge in [0.2, 0.25) is 5.91 Å². The van der Waals surface area contributed by atoms with Gasteiger partial charge in [-0.15, -0.1) is 0 Å². The van der Waals surface area contributed by atoms with Crippen molar-refractivity contribution >= 4 is 22.6 Å². The van der Waals surface area contributed by atoms with Crippen molar-refractivity contribution in [3.63, 3.8) is 0 Å². The van der Waals surface area contributed by atoms with E-state index in [-0.39, 0.29) is 18.0 Å². The van der Waals surface area contributed by atoms with E-state index in [0.717, 1.165) is 16.5 Å². The molecule has 3 nitrogen and oxygen atoms in total. The lowest BCUT2D eigenvalue weighted by atomic mass is 10.00. The van der Waals surface area contributed by atoms with Crippen LogP contribution in [0.1, 0.15) is 30.9 Å². The SMILES string of the molecule is CC(C)c1ccc2occ(CC(=O)Nc3ccccc3F)c2c1. The van der Waals surface area contributed by atoms with Crippen LogP contribution >= 0.6 is 0 Å². The Hall–Kier alpha value is -2.62. The average Bonchev–Trinajstić information content (AvgIpc) is 2.92. The van der Waals surface area contributed by atoms with Crippen LogP contribution in [0, 0.1) is 5.82 Å². The zero-order valence-corrected chi connectivity index (χ0v) is 13.1. The predicted molar refractivity (Wildman–Crippen MR) is 89.0 cm³/mol. The second-order valence-corrected chi connectivity index (χ2v) is 5.88. The van der Waals surface area contributed by atoms with Gasteiger partial charge in [-0.1, -0.05) is 32.0 Å². The molecule has 0 aliphatic carbocycles. The third kappa shape index (κ3) is 3.26. The molecule has 0 atom stereocenters. The van der Waals surface area contributed by atoms with E-state index in [2.05, 4.69) is 25.2 Å². The number of fused-ring (bicyclic) bond motifs is 1. The van der Waals surface area contributed by atoms with E-state index in [0.29, 0.717) is 5.92 Å². The Bertz CT molecular complexity index is 851. The molecule has 0 saturated heterocycles. The number of halogens is 1. The van der Waals surface area contributed by atoms with Crippen LogP contribution in [0.2, 0.25) is 0 Å². The van der Waals surface area contributed by atoms with Gasteiger partial charge in [0.05, 0.1) is 18.4 Å². The van der Waals surface area contributed by atoms with Crippen molar-refractivity contribution in [3.8, 4) is 0 Å². The maximum atomic E-state index is 13.6. The molecule has 1 amide bonds. The van der Waals surface area contributed by atoms with Crippen LogP contribution in [-0.2, 0) is 11.2 Å². The van der Waals surface area contributed by atoms with Crippen molar-refractivity contribution in [1.82, 2.24) is 0 Å². The van der Waals surface area contributed by atoms with Gasteiger partial charge in [0.1, 0.15) is 11.4 Å². The molecule has 0 aliphatic heterocycles. The molecule has 3 rings (SSSR count). The molecule has 0 fully saturated rings. The van der Waals surface area contributed by atoms with Gasteiger partial charge < -0.3 is 9.73 Å². The number of rotatable bonds is 4. The number of hydrogen-bond acceptors (Lipinski definition) is 2.